The van der Waals surface area contributed by atoms with Crippen LogP contribution in [0, 0.1) is 5.92 Å². The van der Waals surface area contributed by atoms with Crippen molar-refractivity contribution in [3.8, 4) is 0 Å². The lowest BCUT2D eigenvalue weighted by molar-refractivity contribution is 0.715. The summed E-state index contributed by atoms with van der Waals surface area (Å²) in [5.41, 5.74) is 11.7. The van der Waals surface area contributed by atoms with Gasteiger partial charge in [-0.3, -0.25) is 0 Å². The zero-order chi connectivity index (χ0) is 18.4. The van der Waals surface area contributed by atoms with E-state index in [0.29, 0.717) is 10.7 Å². The van der Waals surface area contributed by atoms with E-state index in [9.17, 15) is 0 Å². The van der Waals surface area contributed by atoms with Gasteiger partial charge in [-0.05, 0) is 54.9 Å². The fourth-order valence-electron chi connectivity index (χ4n) is 3.07. The zero-order valence-electron chi connectivity index (χ0n) is 15.3. The van der Waals surface area contributed by atoms with E-state index in [1.165, 1.54) is 24.1 Å². The lowest BCUT2D eigenvalue weighted by Gasteiger charge is -2.11. The molecule has 1 fully saturated rings. The van der Waals surface area contributed by atoms with Gasteiger partial charge in [0.1, 0.15) is 0 Å². The molecule has 3 N–H and O–H groups in total. The van der Waals surface area contributed by atoms with Crippen LogP contribution >= 0.6 is 11.6 Å². The van der Waals surface area contributed by atoms with Crippen molar-refractivity contribution in [3.05, 3.63) is 82.0 Å². The fourth-order valence-corrected chi connectivity index (χ4v) is 3.31. The third-order valence-electron chi connectivity index (χ3n) is 4.69. The summed E-state index contributed by atoms with van der Waals surface area (Å²) in [6.07, 6.45) is 9.06. The molecule has 0 bridgehead atoms. The second-order valence-corrected chi connectivity index (χ2v) is 7.25. The molecule has 3 heteroatoms. The van der Waals surface area contributed by atoms with Crippen LogP contribution in [-0.4, -0.2) is 6.54 Å². The lowest BCUT2D eigenvalue weighted by atomic mass is 10.0. The molecule has 1 aliphatic rings. The highest BCUT2D eigenvalue weighted by molar-refractivity contribution is 6.32. The smallest absolute Gasteiger partial charge is 0.0499 e. The van der Waals surface area contributed by atoms with Gasteiger partial charge in [-0.25, -0.2) is 0 Å². The highest BCUT2D eigenvalue weighted by atomic mass is 35.5. The number of rotatable bonds is 8. The van der Waals surface area contributed by atoms with Crippen LogP contribution in [0.15, 0.2) is 60.3 Å². The van der Waals surface area contributed by atoms with Crippen LogP contribution in [-0.2, 0) is 6.42 Å². The van der Waals surface area contributed by atoms with Crippen molar-refractivity contribution < 1.29 is 0 Å². The normalized spacial score (nSPS) is 15.2. The summed E-state index contributed by atoms with van der Waals surface area (Å²) in [5, 5.41) is 4.28. The third-order valence-corrected chi connectivity index (χ3v) is 5.02. The molecule has 0 amide bonds. The molecule has 136 valence electrons. The molecule has 0 saturated heterocycles. The average Bonchev–Trinajstić information content (AvgIpc) is 3.48. The van der Waals surface area contributed by atoms with Gasteiger partial charge in [0.2, 0.25) is 0 Å². The van der Waals surface area contributed by atoms with E-state index in [4.69, 9.17) is 17.3 Å². The van der Waals surface area contributed by atoms with Crippen molar-refractivity contribution in [1.82, 2.24) is 5.32 Å². The van der Waals surface area contributed by atoms with Crippen molar-refractivity contribution >= 4 is 23.4 Å². The molecule has 0 atom stereocenters. The Morgan fingerprint density at radius 1 is 1.15 bits per heavy atom. The molecule has 0 spiro atoms. The predicted molar refractivity (Wildman–Crippen MR) is 113 cm³/mol. The quantitative estimate of drug-likeness (QED) is 0.594. The van der Waals surface area contributed by atoms with E-state index in [0.717, 1.165) is 36.4 Å². The molecule has 3 rings (SSSR count). The standard InChI is InChI=1S/C23H27ClN2/c1-2-15-26-23(18-11-12-18)14-13-17-7-3-4-8-19(17)16-22(25)20-9-5-6-10-21(20)24/h3-10,14,16,18,26H,2,11-13,15,25H2,1H3/b22-16-,23-14-. The van der Waals surface area contributed by atoms with E-state index >= 15 is 0 Å². The second-order valence-electron chi connectivity index (χ2n) is 6.84. The Labute approximate surface area is 161 Å². The Bertz CT molecular complexity index is 803. The SMILES string of the molecule is CCCN/C(=C\Cc1ccccc1/C=C(\N)c1ccccc1Cl)C1CC1. The van der Waals surface area contributed by atoms with Gasteiger partial charge in [0.15, 0.2) is 0 Å². The first kappa shape index (κ1) is 18.6. The van der Waals surface area contributed by atoms with Gasteiger partial charge in [0.05, 0.1) is 0 Å². The van der Waals surface area contributed by atoms with Crippen LogP contribution in [0.4, 0.5) is 0 Å². The van der Waals surface area contributed by atoms with Gasteiger partial charge in [0.25, 0.3) is 0 Å². The molecule has 0 heterocycles. The van der Waals surface area contributed by atoms with Crippen LogP contribution in [0.2, 0.25) is 5.02 Å². The van der Waals surface area contributed by atoms with Crippen molar-refractivity contribution in [2.75, 3.05) is 6.54 Å². The summed E-state index contributed by atoms with van der Waals surface area (Å²) in [6, 6.07) is 16.1. The maximum Gasteiger partial charge on any atom is 0.0499 e. The van der Waals surface area contributed by atoms with E-state index in [-0.39, 0.29) is 0 Å². The van der Waals surface area contributed by atoms with Crippen molar-refractivity contribution in [2.45, 2.75) is 32.6 Å². The summed E-state index contributed by atoms with van der Waals surface area (Å²) in [6.45, 7) is 3.25. The highest BCUT2D eigenvalue weighted by Crippen LogP contribution is 2.35. The molecular formula is C23H27ClN2. The van der Waals surface area contributed by atoms with Crippen molar-refractivity contribution in [2.24, 2.45) is 11.7 Å². The van der Waals surface area contributed by atoms with Crippen LogP contribution in [0.1, 0.15) is 42.9 Å². The number of benzene rings is 2. The maximum atomic E-state index is 6.33. The van der Waals surface area contributed by atoms with Crippen LogP contribution in [0.5, 0.6) is 0 Å². The zero-order valence-corrected chi connectivity index (χ0v) is 16.1. The Morgan fingerprint density at radius 2 is 1.88 bits per heavy atom. The minimum atomic E-state index is 0.679. The molecule has 26 heavy (non-hydrogen) atoms. The highest BCUT2D eigenvalue weighted by Gasteiger charge is 2.25. The summed E-state index contributed by atoms with van der Waals surface area (Å²) in [5.74, 6) is 0.734. The lowest BCUT2D eigenvalue weighted by Crippen LogP contribution is -2.15. The summed E-state index contributed by atoms with van der Waals surface area (Å²) in [7, 11) is 0. The van der Waals surface area contributed by atoms with E-state index in [1.807, 2.05) is 30.3 Å². The van der Waals surface area contributed by atoms with Crippen LogP contribution in [0.25, 0.3) is 11.8 Å². The molecule has 2 aromatic carbocycles. The minimum absolute atomic E-state index is 0.679. The molecule has 0 aliphatic heterocycles. The van der Waals surface area contributed by atoms with Gasteiger partial charge in [-0.1, -0.05) is 67.1 Å². The molecular weight excluding hydrogens is 340 g/mol. The van der Waals surface area contributed by atoms with Crippen LogP contribution < -0.4 is 11.1 Å². The van der Waals surface area contributed by atoms with E-state index in [1.54, 1.807) is 0 Å². The fraction of sp³-hybridized carbons (Fsp3) is 0.304. The third kappa shape index (κ3) is 4.92. The monoisotopic (exact) mass is 366 g/mol. The number of hydrogen-bond acceptors (Lipinski definition) is 2. The summed E-state index contributed by atoms with van der Waals surface area (Å²) in [4.78, 5) is 0. The van der Waals surface area contributed by atoms with Gasteiger partial charge in [-0.2, -0.15) is 0 Å². The summed E-state index contributed by atoms with van der Waals surface area (Å²) < 4.78 is 0. The van der Waals surface area contributed by atoms with Crippen LogP contribution in [0.3, 0.4) is 0 Å². The molecule has 0 unspecified atom stereocenters. The Morgan fingerprint density at radius 3 is 2.62 bits per heavy atom. The van der Waals surface area contributed by atoms with Crippen molar-refractivity contribution in [1.29, 1.82) is 0 Å². The van der Waals surface area contributed by atoms with Crippen molar-refractivity contribution in [3.63, 3.8) is 0 Å². The van der Waals surface area contributed by atoms with Gasteiger partial charge < -0.3 is 11.1 Å². The molecule has 0 aromatic heterocycles. The topological polar surface area (TPSA) is 38.0 Å². The maximum absolute atomic E-state index is 6.33. The molecule has 1 aliphatic carbocycles. The number of nitrogens with two attached hydrogens (primary N) is 1. The Hall–Kier alpha value is -2.19. The number of nitrogens with one attached hydrogen (secondary N) is 1. The minimum Gasteiger partial charge on any atom is -0.398 e. The van der Waals surface area contributed by atoms with E-state index in [2.05, 4.69) is 42.6 Å². The predicted octanol–water partition coefficient (Wildman–Crippen LogP) is 5.63. The first-order valence-electron chi connectivity index (χ1n) is 9.43. The number of allylic oxidation sites excluding steroid dienone is 2. The number of halogens is 1. The average molecular weight is 367 g/mol. The van der Waals surface area contributed by atoms with Gasteiger partial charge in [-0.15, -0.1) is 0 Å². The summed E-state index contributed by atoms with van der Waals surface area (Å²) >= 11 is 6.28. The second kappa shape index (κ2) is 8.95. The van der Waals surface area contributed by atoms with Gasteiger partial charge in [0, 0.05) is 28.5 Å². The molecule has 0 radical (unpaired) electrons. The molecule has 1 saturated carbocycles. The van der Waals surface area contributed by atoms with E-state index < -0.39 is 0 Å². The van der Waals surface area contributed by atoms with Gasteiger partial charge >= 0.3 is 0 Å². The Balaban J connectivity index is 1.82. The molecule has 2 aromatic rings. The first-order valence-corrected chi connectivity index (χ1v) is 9.80. The number of hydrogen-bond donors (Lipinski definition) is 2. The Kier molecular flexibility index (Phi) is 6.40. The molecule has 2 nitrogen and oxygen atoms in total. The first-order chi connectivity index (χ1) is 12.7. The largest absolute Gasteiger partial charge is 0.398 e.